The highest BCUT2D eigenvalue weighted by atomic mass is 16.5. The fraction of sp³-hybridized carbons (Fsp3) is 0.600. The van der Waals surface area contributed by atoms with Gasteiger partial charge in [0, 0.05) is 19.2 Å². The van der Waals surface area contributed by atoms with Crippen LogP contribution in [0.2, 0.25) is 0 Å². The van der Waals surface area contributed by atoms with Crippen LogP contribution in [0.15, 0.2) is 10.9 Å². The third-order valence-corrected chi connectivity index (χ3v) is 1.88. The number of hydrogen-bond acceptors (Lipinski definition) is 4. The van der Waals surface area contributed by atoms with Gasteiger partial charge in [0.2, 0.25) is 0 Å². The fourth-order valence-corrected chi connectivity index (χ4v) is 1.26. The normalized spacial score (nSPS) is 12.5. The molecule has 1 atom stereocenters. The lowest BCUT2D eigenvalue weighted by Crippen LogP contribution is -2.21. The molecule has 5 nitrogen and oxygen atoms in total. The van der Waals surface area contributed by atoms with E-state index in [2.05, 4.69) is 15.3 Å². The van der Waals surface area contributed by atoms with Gasteiger partial charge in [-0.3, -0.25) is 4.79 Å². The molecule has 1 aromatic rings. The van der Waals surface area contributed by atoms with Crippen molar-refractivity contribution in [2.45, 2.75) is 26.9 Å². The van der Waals surface area contributed by atoms with Gasteiger partial charge in [-0.2, -0.15) is 0 Å². The van der Waals surface area contributed by atoms with Gasteiger partial charge >= 0.3 is 0 Å². The highest BCUT2D eigenvalue weighted by molar-refractivity contribution is 5.32. The summed E-state index contributed by atoms with van der Waals surface area (Å²) in [6, 6.07) is 1.44. The molecule has 2 N–H and O–H groups in total. The van der Waals surface area contributed by atoms with Crippen LogP contribution in [0.25, 0.3) is 0 Å². The Kier molecular flexibility index (Phi) is 4.30. The minimum Gasteiger partial charge on any atom is -0.377 e. The van der Waals surface area contributed by atoms with Gasteiger partial charge in [0.1, 0.15) is 11.6 Å². The fourth-order valence-electron chi connectivity index (χ4n) is 1.26. The lowest BCUT2D eigenvalue weighted by molar-refractivity contribution is 0.0855. The molecule has 0 saturated heterocycles. The second-order valence-corrected chi connectivity index (χ2v) is 3.36. The predicted octanol–water partition coefficient (Wildman–Crippen LogP) is 0.915. The van der Waals surface area contributed by atoms with Gasteiger partial charge in [-0.25, -0.2) is 4.98 Å². The molecule has 1 heterocycles. The Bertz CT molecular complexity index is 362. The Hall–Kier alpha value is -1.36. The second kappa shape index (κ2) is 5.50. The average molecular weight is 211 g/mol. The summed E-state index contributed by atoms with van der Waals surface area (Å²) in [5, 5.41) is 3.05. The van der Waals surface area contributed by atoms with Crippen LogP contribution in [-0.4, -0.2) is 29.2 Å². The molecule has 5 heteroatoms. The first-order valence-corrected chi connectivity index (χ1v) is 5.05. The molecule has 0 aliphatic heterocycles. The largest absolute Gasteiger partial charge is 0.377 e. The Morgan fingerprint density at radius 3 is 3.00 bits per heavy atom. The standard InChI is InChI=1S/C10H17N3O2/c1-4-15-7(2)6-11-9-5-10(14)13-8(3)12-9/h5,7H,4,6H2,1-3H3,(H2,11,12,13,14). The lowest BCUT2D eigenvalue weighted by Gasteiger charge is -2.12. The van der Waals surface area contributed by atoms with Crippen molar-refractivity contribution in [3.63, 3.8) is 0 Å². The van der Waals surface area contributed by atoms with Crippen molar-refractivity contribution in [2.75, 3.05) is 18.5 Å². The van der Waals surface area contributed by atoms with Gasteiger partial charge in [-0.1, -0.05) is 0 Å². The molecule has 0 radical (unpaired) electrons. The number of nitrogens with one attached hydrogen (secondary N) is 2. The average Bonchev–Trinajstić information content (AvgIpc) is 2.14. The number of aromatic nitrogens is 2. The maximum absolute atomic E-state index is 11.1. The highest BCUT2D eigenvalue weighted by Crippen LogP contribution is 1.99. The minimum atomic E-state index is -0.144. The van der Waals surface area contributed by atoms with E-state index in [4.69, 9.17) is 4.74 Å². The van der Waals surface area contributed by atoms with Crippen molar-refractivity contribution in [1.29, 1.82) is 0 Å². The topological polar surface area (TPSA) is 67.0 Å². The number of rotatable bonds is 5. The third kappa shape index (κ3) is 4.12. The first-order chi connectivity index (χ1) is 7.11. The van der Waals surface area contributed by atoms with Gasteiger partial charge in [0.05, 0.1) is 6.10 Å². The van der Waals surface area contributed by atoms with E-state index in [1.165, 1.54) is 6.07 Å². The zero-order valence-electron chi connectivity index (χ0n) is 9.33. The van der Waals surface area contributed by atoms with E-state index in [1.807, 2.05) is 13.8 Å². The van der Waals surface area contributed by atoms with E-state index < -0.39 is 0 Å². The van der Waals surface area contributed by atoms with Crippen LogP contribution in [0.5, 0.6) is 0 Å². The molecule has 84 valence electrons. The third-order valence-electron chi connectivity index (χ3n) is 1.88. The summed E-state index contributed by atoms with van der Waals surface area (Å²) in [4.78, 5) is 17.8. The zero-order chi connectivity index (χ0) is 11.3. The molecule has 0 spiro atoms. The molecule has 15 heavy (non-hydrogen) atoms. The van der Waals surface area contributed by atoms with E-state index >= 15 is 0 Å². The number of aryl methyl sites for hydroxylation is 1. The summed E-state index contributed by atoms with van der Waals surface area (Å²) < 4.78 is 5.35. The summed E-state index contributed by atoms with van der Waals surface area (Å²) >= 11 is 0. The molecule has 0 aliphatic rings. The van der Waals surface area contributed by atoms with Crippen molar-refractivity contribution >= 4 is 5.82 Å². The number of nitrogens with zero attached hydrogens (tertiary/aromatic N) is 1. The molecule has 0 fully saturated rings. The van der Waals surface area contributed by atoms with Crippen LogP contribution in [0.3, 0.4) is 0 Å². The molecule has 0 aromatic carbocycles. The minimum absolute atomic E-state index is 0.108. The molecular weight excluding hydrogens is 194 g/mol. The smallest absolute Gasteiger partial charge is 0.252 e. The van der Waals surface area contributed by atoms with Crippen molar-refractivity contribution < 1.29 is 4.74 Å². The number of anilines is 1. The van der Waals surface area contributed by atoms with Crippen LogP contribution in [-0.2, 0) is 4.74 Å². The molecule has 0 saturated carbocycles. The molecule has 0 bridgehead atoms. The van der Waals surface area contributed by atoms with Gasteiger partial charge in [-0.05, 0) is 20.8 Å². The van der Waals surface area contributed by atoms with E-state index in [0.29, 0.717) is 24.8 Å². The Morgan fingerprint density at radius 2 is 2.40 bits per heavy atom. The second-order valence-electron chi connectivity index (χ2n) is 3.36. The van der Waals surface area contributed by atoms with Gasteiger partial charge in [0.25, 0.3) is 5.56 Å². The van der Waals surface area contributed by atoms with Crippen molar-refractivity contribution in [3.8, 4) is 0 Å². The van der Waals surface area contributed by atoms with Crippen LogP contribution < -0.4 is 10.9 Å². The molecule has 1 unspecified atom stereocenters. The first kappa shape index (κ1) is 11.7. The van der Waals surface area contributed by atoms with E-state index in [0.717, 1.165) is 0 Å². The van der Waals surface area contributed by atoms with Gasteiger partial charge < -0.3 is 15.0 Å². The Labute approximate surface area is 88.9 Å². The van der Waals surface area contributed by atoms with Crippen LogP contribution in [0.4, 0.5) is 5.82 Å². The molecular formula is C10H17N3O2. The van der Waals surface area contributed by atoms with Crippen molar-refractivity contribution in [2.24, 2.45) is 0 Å². The first-order valence-electron chi connectivity index (χ1n) is 5.05. The summed E-state index contributed by atoms with van der Waals surface area (Å²) in [6.07, 6.45) is 0.108. The number of H-pyrrole nitrogens is 1. The van der Waals surface area contributed by atoms with Crippen LogP contribution >= 0.6 is 0 Å². The lowest BCUT2D eigenvalue weighted by atomic mass is 10.4. The molecule has 0 aliphatic carbocycles. The SMILES string of the molecule is CCOC(C)CNc1cc(=O)[nH]c(C)n1. The number of ether oxygens (including phenoxy) is 1. The zero-order valence-corrected chi connectivity index (χ0v) is 9.33. The van der Waals surface area contributed by atoms with Crippen LogP contribution in [0, 0.1) is 6.92 Å². The summed E-state index contributed by atoms with van der Waals surface area (Å²) in [7, 11) is 0. The quantitative estimate of drug-likeness (QED) is 0.760. The summed E-state index contributed by atoms with van der Waals surface area (Å²) in [5.74, 6) is 1.19. The van der Waals surface area contributed by atoms with E-state index in [9.17, 15) is 4.79 Å². The highest BCUT2D eigenvalue weighted by Gasteiger charge is 2.02. The van der Waals surface area contributed by atoms with E-state index in [-0.39, 0.29) is 11.7 Å². The van der Waals surface area contributed by atoms with E-state index in [1.54, 1.807) is 6.92 Å². The molecule has 1 rings (SSSR count). The maximum atomic E-state index is 11.1. The molecule has 0 amide bonds. The van der Waals surface area contributed by atoms with Gasteiger partial charge in [0.15, 0.2) is 0 Å². The summed E-state index contributed by atoms with van der Waals surface area (Å²) in [6.45, 7) is 7.00. The monoisotopic (exact) mass is 211 g/mol. The predicted molar refractivity (Wildman–Crippen MR) is 59.2 cm³/mol. The number of hydrogen-bond donors (Lipinski definition) is 2. The van der Waals surface area contributed by atoms with Crippen LogP contribution in [0.1, 0.15) is 19.7 Å². The summed E-state index contributed by atoms with van der Waals surface area (Å²) in [5.41, 5.74) is -0.144. The maximum Gasteiger partial charge on any atom is 0.252 e. The van der Waals surface area contributed by atoms with Gasteiger partial charge in [-0.15, -0.1) is 0 Å². The van der Waals surface area contributed by atoms with Crippen molar-refractivity contribution in [1.82, 2.24) is 9.97 Å². The number of aromatic amines is 1. The van der Waals surface area contributed by atoms with Crippen molar-refractivity contribution in [3.05, 3.63) is 22.2 Å². The Morgan fingerprint density at radius 1 is 1.67 bits per heavy atom. The molecule has 1 aromatic heterocycles. The Balaban J connectivity index is 2.54.